The maximum Gasteiger partial charge on any atom is 0.225 e. The third kappa shape index (κ3) is 3.08. The number of hydrogen-bond acceptors (Lipinski definition) is 4. The second-order valence-electron chi connectivity index (χ2n) is 6.56. The lowest BCUT2D eigenvalue weighted by Crippen LogP contribution is -2.46. The molecule has 4 rings (SSSR count). The average Bonchev–Trinajstić information content (AvgIpc) is 2.68. The summed E-state index contributed by atoms with van der Waals surface area (Å²) < 4.78 is 5.34. The van der Waals surface area contributed by atoms with Crippen molar-refractivity contribution in [2.24, 2.45) is 5.92 Å². The van der Waals surface area contributed by atoms with Crippen LogP contribution in [0.25, 0.3) is 10.9 Å². The van der Waals surface area contributed by atoms with E-state index in [2.05, 4.69) is 23.1 Å². The third-order valence-electron chi connectivity index (χ3n) is 5.07. The van der Waals surface area contributed by atoms with Gasteiger partial charge in [0.1, 0.15) is 5.82 Å². The normalized spacial score (nSPS) is 19.7. The molecular weight excluding hydrogens is 302 g/mol. The molecule has 3 heterocycles. The number of piperidine rings is 1. The maximum atomic E-state index is 12.6. The molecule has 1 aromatic carbocycles. The highest BCUT2D eigenvalue weighted by Crippen LogP contribution is 2.25. The number of para-hydroxylation sites is 1. The van der Waals surface area contributed by atoms with Crippen molar-refractivity contribution in [1.82, 2.24) is 9.88 Å². The minimum Gasteiger partial charge on any atom is -0.378 e. The molecule has 126 valence electrons. The Morgan fingerprint density at radius 3 is 2.54 bits per heavy atom. The fourth-order valence-corrected chi connectivity index (χ4v) is 3.63. The molecular formula is C19H23N3O2. The molecule has 5 heteroatoms. The van der Waals surface area contributed by atoms with E-state index in [9.17, 15) is 4.79 Å². The van der Waals surface area contributed by atoms with Crippen molar-refractivity contribution in [2.75, 3.05) is 44.3 Å². The van der Waals surface area contributed by atoms with Gasteiger partial charge in [0.05, 0.1) is 18.7 Å². The SMILES string of the molecule is O=C(C1CCN(c2ccc3ccccc3n2)CC1)N1CCOCC1. The molecule has 0 atom stereocenters. The van der Waals surface area contributed by atoms with E-state index in [1.54, 1.807) is 0 Å². The largest absolute Gasteiger partial charge is 0.378 e. The summed E-state index contributed by atoms with van der Waals surface area (Å²) in [5, 5.41) is 1.17. The molecule has 1 aromatic heterocycles. The fraction of sp³-hybridized carbons (Fsp3) is 0.474. The van der Waals surface area contributed by atoms with Crippen molar-refractivity contribution >= 4 is 22.6 Å². The predicted molar refractivity (Wildman–Crippen MR) is 94.1 cm³/mol. The molecule has 0 bridgehead atoms. The lowest BCUT2D eigenvalue weighted by Gasteiger charge is -2.36. The molecule has 0 unspecified atom stereocenters. The first-order valence-corrected chi connectivity index (χ1v) is 8.78. The standard InChI is InChI=1S/C19H23N3O2/c23-19(22-11-13-24-14-12-22)16-7-9-21(10-8-16)18-6-5-15-3-1-2-4-17(15)20-18/h1-6,16H,7-14H2. The first-order valence-electron chi connectivity index (χ1n) is 8.78. The highest BCUT2D eigenvalue weighted by Gasteiger charge is 2.29. The number of carbonyl (C=O) groups is 1. The Bertz CT molecular complexity index is 719. The smallest absolute Gasteiger partial charge is 0.225 e. The van der Waals surface area contributed by atoms with Gasteiger partial charge < -0.3 is 14.5 Å². The molecule has 2 aromatic rings. The topological polar surface area (TPSA) is 45.7 Å². The van der Waals surface area contributed by atoms with E-state index in [0.29, 0.717) is 19.1 Å². The summed E-state index contributed by atoms with van der Waals surface area (Å²) in [4.78, 5) is 21.7. The molecule has 0 aliphatic carbocycles. The van der Waals surface area contributed by atoms with E-state index < -0.39 is 0 Å². The van der Waals surface area contributed by atoms with Crippen LogP contribution < -0.4 is 4.90 Å². The summed E-state index contributed by atoms with van der Waals surface area (Å²) in [5.74, 6) is 1.48. The van der Waals surface area contributed by atoms with E-state index in [4.69, 9.17) is 9.72 Å². The van der Waals surface area contributed by atoms with Crippen LogP contribution in [0.15, 0.2) is 36.4 Å². The van der Waals surface area contributed by atoms with Gasteiger partial charge in [-0.15, -0.1) is 0 Å². The molecule has 1 amide bonds. The van der Waals surface area contributed by atoms with Crippen molar-refractivity contribution < 1.29 is 9.53 Å². The lowest BCUT2D eigenvalue weighted by atomic mass is 9.95. The number of nitrogens with zero attached hydrogens (tertiary/aromatic N) is 3. The van der Waals surface area contributed by atoms with E-state index in [0.717, 1.165) is 50.4 Å². The number of ether oxygens (including phenoxy) is 1. The Hall–Kier alpha value is -2.14. The van der Waals surface area contributed by atoms with Crippen LogP contribution in [0.4, 0.5) is 5.82 Å². The first-order chi connectivity index (χ1) is 11.8. The quantitative estimate of drug-likeness (QED) is 0.850. The number of morpholine rings is 1. The van der Waals surface area contributed by atoms with Crippen molar-refractivity contribution in [3.63, 3.8) is 0 Å². The Labute approximate surface area is 142 Å². The van der Waals surface area contributed by atoms with Crippen molar-refractivity contribution in [3.05, 3.63) is 36.4 Å². The number of rotatable bonds is 2. The van der Waals surface area contributed by atoms with Crippen LogP contribution in [0.3, 0.4) is 0 Å². The Balaban J connectivity index is 1.40. The second kappa shape index (κ2) is 6.77. The number of amides is 1. The number of hydrogen-bond donors (Lipinski definition) is 0. The Kier molecular flexibility index (Phi) is 4.34. The van der Waals surface area contributed by atoms with Crippen molar-refractivity contribution in [2.45, 2.75) is 12.8 Å². The van der Waals surface area contributed by atoms with E-state index in [1.165, 1.54) is 5.39 Å². The van der Waals surface area contributed by atoms with Gasteiger partial charge in [-0.2, -0.15) is 0 Å². The Morgan fingerprint density at radius 2 is 1.75 bits per heavy atom. The number of carbonyl (C=O) groups excluding carboxylic acids is 1. The molecule has 0 saturated carbocycles. The summed E-state index contributed by atoms with van der Waals surface area (Å²) in [5.41, 5.74) is 1.03. The predicted octanol–water partition coefficient (Wildman–Crippen LogP) is 2.31. The molecule has 2 saturated heterocycles. The van der Waals surface area contributed by atoms with Crippen molar-refractivity contribution in [1.29, 1.82) is 0 Å². The highest BCUT2D eigenvalue weighted by molar-refractivity contribution is 5.81. The Morgan fingerprint density at radius 1 is 1.00 bits per heavy atom. The van der Waals surface area contributed by atoms with Crippen LogP contribution >= 0.6 is 0 Å². The molecule has 2 aliphatic rings. The van der Waals surface area contributed by atoms with Crippen LogP contribution in [0.2, 0.25) is 0 Å². The summed E-state index contributed by atoms with van der Waals surface area (Å²) in [7, 11) is 0. The van der Waals surface area contributed by atoms with Gasteiger partial charge in [0.2, 0.25) is 5.91 Å². The zero-order valence-electron chi connectivity index (χ0n) is 13.9. The fourth-order valence-electron chi connectivity index (χ4n) is 3.63. The zero-order valence-corrected chi connectivity index (χ0v) is 13.9. The minimum absolute atomic E-state index is 0.153. The monoisotopic (exact) mass is 325 g/mol. The average molecular weight is 325 g/mol. The van der Waals surface area contributed by atoms with E-state index in [1.807, 2.05) is 23.1 Å². The molecule has 0 N–H and O–H groups in total. The number of anilines is 1. The molecule has 5 nitrogen and oxygen atoms in total. The molecule has 2 fully saturated rings. The highest BCUT2D eigenvalue weighted by atomic mass is 16.5. The van der Waals surface area contributed by atoms with Crippen LogP contribution in [-0.2, 0) is 9.53 Å². The van der Waals surface area contributed by atoms with Crippen LogP contribution in [0, 0.1) is 5.92 Å². The van der Waals surface area contributed by atoms with Crippen LogP contribution in [0.5, 0.6) is 0 Å². The molecule has 24 heavy (non-hydrogen) atoms. The van der Waals surface area contributed by atoms with Crippen LogP contribution in [-0.4, -0.2) is 55.2 Å². The number of aromatic nitrogens is 1. The third-order valence-corrected chi connectivity index (χ3v) is 5.07. The van der Waals surface area contributed by atoms with Crippen molar-refractivity contribution in [3.8, 4) is 0 Å². The van der Waals surface area contributed by atoms with Gasteiger partial charge in [0.15, 0.2) is 0 Å². The zero-order chi connectivity index (χ0) is 16.4. The maximum absolute atomic E-state index is 12.6. The molecule has 0 radical (unpaired) electrons. The second-order valence-corrected chi connectivity index (χ2v) is 6.56. The summed E-state index contributed by atoms with van der Waals surface area (Å²) >= 11 is 0. The summed E-state index contributed by atoms with van der Waals surface area (Å²) in [6.45, 7) is 4.62. The van der Waals surface area contributed by atoms with E-state index in [-0.39, 0.29) is 5.92 Å². The number of fused-ring (bicyclic) bond motifs is 1. The van der Waals surface area contributed by atoms with Gasteiger partial charge in [-0.3, -0.25) is 4.79 Å². The number of pyridine rings is 1. The lowest BCUT2D eigenvalue weighted by molar-refractivity contribution is -0.140. The van der Waals surface area contributed by atoms with Crippen LogP contribution in [0.1, 0.15) is 12.8 Å². The summed E-state index contributed by atoms with van der Waals surface area (Å²) in [6.07, 6.45) is 1.81. The number of benzene rings is 1. The first kappa shape index (κ1) is 15.4. The molecule has 0 spiro atoms. The van der Waals surface area contributed by atoms with Gasteiger partial charge in [0.25, 0.3) is 0 Å². The van der Waals surface area contributed by atoms with Gasteiger partial charge in [-0.1, -0.05) is 18.2 Å². The van der Waals surface area contributed by atoms with Gasteiger partial charge in [0, 0.05) is 37.5 Å². The minimum atomic E-state index is 0.153. The van der Waals surface area contributed by atoms with Gasteiger partial charge in [-0.25, -0.2) is 4.98 Å². The van der Waals surface area contributed by atoms with E-state index >= 15 is 0 Å². The molecule has 2 aliphatic heterocycles. The van der Waals surface area contributed by atoms with Gasteiger partial charge in [-0.05, 0) is 31.0 Å². The summed E-state index contributed by atoms with van der Waals surface area (Å²) in [6, 6.07) is 12.4. The van der Waals surface area contributed by atoms with Gasteiger partial charge >= 0.3 is 0 Å².